The first-order valence-electron chi connectivity index (χ1n) is 4.39. The Kier molecular flexibility index (Phi) is 4.07. The van der Waals surface area contributed by atoms with Crippen LogP contribution in [0.5, 0.6) is 0 Å². The lowest BCUT2D eigenvalue weighted by Crippen LogP contribution is -2.24. The fourth-order valence-electron chi connectivity index (χ4n) is 1.30. The highest BCUT2D eigenvalue weighted by atomic mass is 79.9. The van der Waals surface area contributed by atoms with E-state index in [9.17, 15) is 5.11 Å². The van der Waals surface area contributed by atoms with Crippen molar-refractivity contribution in [2.45, 2.75) is 25.7 Å². The molecule has 0 aliphatic rings. The molecule has 0 aromatic heterocycles. The predicted molar refractivity (Wildman–Crippen MR) is 58.7 cm³/mol. The Hall–Kier alpha value is -0.420. The number of aliphatic hydroxyl groups excluding tert-OH is 2. The molecule has 0 bridgehead atoms. The van der Waals surface area contributed by atoms with E-state index in [1.54, 1.807) is 13.0 Å². The lowest BCUT2D eigenvalue weighted by atomic mass is 9.98. The van der Waals surface area contributed by atoms with Crippen LogP contribution in [-0.2, 0) is 6.61 Å². The van der Waals surface area contributed by atoms with Gasteiger partial charge in [-0.1, -0.05) is 22.0 Å². The van der Waals surface area contributed by atoms with Gasteiger partial charge in [-0.05, 0) is 30.2 Å². The van der Waals surface area contributed by atoms with Crippen LogP contribution in [0.3, 0.4) is 0 Å². The van der Waals surface area contributed by atoms with Crippen LogP contribution >= 0.6 is 15.9 Å². The fourth-order valence-corrected chi connectivity index (χ4v) is 1.70. The highest BCUT2D eigenvalue weighted by Crippen LogP contribution is 2.23. The standard InChI is InChI=1S/C10H14BrNO2/c1-6(14)10(12)9-3-2-8(11)4-7(9)5-13/h2-4,6,10,13-14H,5,12H2,1H3/t6-,10-/m1/s1. The predicted octanol–water partition coefficient (Wildman–Crippen LogP) is 1.32. The summed E-state index contributed by atoms with van der Waals surface area (Å²) in [6.07, 6.45) is -0.624. The third-order valence-electron chi connectivity index (χ3n) is 2.15. The highest BCUT2D eigenvalue weighted by Gasteiger charge is 2.15. The number of benzene rings is 1. The summed E-state index contributed by atoms with van der Waals surface area (Å²) >= 11 is 3.31. The molecule has 78 valence electrons. The Morgan fingerprint density at radius 3 is 2.64 bits per heavy atom. The Bertz CT molecular complexity index is 315. The number of rotatable bonds is 3. The average molecular weight is 260 g/mol. The van der Waals surface area contributed by atoms with Gasteiger partial charge in [0.2, 0.25) is 0 Å². The maximum absolute atomic E-state index is 9.35. The van der Waals surface area contributed by atoms with Gasteiger partial charge in [0.1, 0.15) is 0 Å². The van der Waals surface area contributed by atoms with Crippen LogP contribution in [0.15, 0.2) is 22.7 Å². The van der Waals surface area contributed by atoms with E-state index in [1.165, 1.54) is 0 Å². The molecule has 0 heterocycles. The van der Waals surface area contributed by atoms with E-state index in [0.29, 0.717) is 0 Å². The molecule has 1 aromatic rings. The van der Waals surface area contributed by atoms with Gasteiger partial charge in [-0.3, -0.25) is 0 Å². The summed E-state index contributed by atoms with van der Waals surface area (Å²) in [5.41, 5.74) is 7.31. The van der Waals surface area contributed by atoms with Crippen molar-refractivity contribution in [3.05, 3.63) is 33.8 Å². The van der Waals surface area contributed by atoms with E-state index in [0.717, 1.165) is 15.6 Å². The first-order valence-corrected chi connectivity index (χ1v) is 5.18. The molecule has 2 atom stereocenters. The van der Waals surface area contributed by atoms with E-state index in [4.69, 9.17) is 10.8 Å². The number of hydrogen-bond donors (Lipinski definition) is 3. The minimum absolute atomic E-state index is 0.0742. The maximum Gasteiger partial charge on any atom is 0.0704 e. The van der Waals surface area contributed by atoms with Gasteiger partial charge in [0.05, 0.1) is 18.8 Å². The van der Waals surface area contributed by atoms with Crippen molar-refractivity contribution in [2.75, 3.05) is 0 Å². The minimum atomic E-state index is -0.624. The van der Waals surface area contributed by atoms with Crippen LogP contribution in [-0.4, -0.2) is 16.3 Å². The van der Waals surface area contributed by atoms with E-state index in [-0.39, 0.29) is 6.61 Å². The number of aliphatic hydroxyl groups is 2. The van der Waals surface area contributed by atoms with E-state index >= 15 is 0 Å². The highest BCUT2D eigenvalue weighted by molar-refractivity contribution is 9.10. The molecule has 4 N–H and O–H groups in total. The number of halogens is 1. The molecule has 14 heavy (non-hydrogen) atoms. The normalized spacial score (nSPS) is 15.2. The third kappa shape index (κ3) is 2.54. The molecule has 0 aliphatic carbocycles. The molecule has 3 nitrogen and oxygen atoms in total. The van der Waals surface area contributed by atoms with E-state index in [1.807, 2.05) is 12.1 Å². The SMILES string of the molecule is C[C@@H](O)[C@@H](N)c1ccc(Br)cc1CO. The minimum Gasteiger partial charge on any atom is -0.392 e. The van der Waals surface area contributed by atoms with E-state index < -0.39 is 12.1 Å². The third-order valence-corrected chi connectivity index (χ3v) is 2.65. The van der Waals surface area contributed by atoms with Crippen LogP contribution in [0, 0.1) is 0 Å². The van der Waals surface area contributed by atoms with Crippen molar-refractivity contribution >= 4 is 15.9 Å². The molecule has 0 saturated carbocycles. The molecular weight excluding hydrogens is 246 g/mol. The van der Waals surface area contributed by atoms with Gasteiger partial charge in [0.25, 0.3) is 0 Å². The van der Waals surface area contributed by atoms with E-state index in [2.05, 4.69) is 15.9 Å². The zero-order valence-electron chi connectivity index (χ0n) is 7.94. The molecule has 0 amide bonds. The largest absolute Gasteiger partial charge is 0.392 e. The number of hydrogen-bond acceptors (Lipinski definition) is 3. The smallest absolute Gasteiger partial charge is 0.0704 e. The monoisotopic (exact) mass is 259 g/mol. The molecule has 0 spiro atoms. The average Bonchev–Trinajstić information content (AvgIpc) is 2.16. The van der Waals surface area contributed by atoms with Gasteiger partial charge >= 0.3 is 0 Å². The zero-order chi connectivity index (χ0) is 10.7. The lowest BCUT2D eigenvalue weighted by molar-refractivity contribution is 0.163. The molecule has 4 heteroatoms. The molecule has 0 saturated heterocycles. The van der Waals surface area contributed by atoms with Gasteiger partial charge in [-0.25, -0.2) is 0 Å². The van der Waals surface area contributed by atoms with Crippen LogP contribution in [0.25, 0.3) is 0 Å². The van der Waals surface area contributed by atoms with Crippen molar-refractivity contribution in [2.24, 2.45) is 5.73 Å². The van der Waals surface area contributed by atoms with Crippen LogP contribution < -0.4 is 5.73 Å². The number of nitrogens with two attached hydrogens (primary N) is 1. The Balaban J connectivity index is 3.07. The quantitative estimate of drug-likeness (QED) is 0.767. The molecular formula is C10H14BrNO2. The topological polar surface area (TPSA) is 66.5 Å². The summed E-state index contributed by atoms with van der Waals surface area (Å²) in [6.45, 7) is 1.56. The Morgan fingerprint density at radius 2 is 2.14 bits per heavy atom. The Morgan fingerprint density at radius 1 is 1.50 bits per heavy atom. The Labute approximate surface area is 91.7 Å². The first kappa shape index (κ1) is 11.7. The zero-order valence-corrected chi connectivity index (χ0v) is 9.53. The lowest BCUT2D eigenvalue weighted by Gasteiger charge is -2.18. The summed E-state index contributed by atoms with van der Waals surface area (Å²) < 4.78 is 0.892. The summed E-state index contributed by atoms with van der Waals surface area (Å²) in [7, 11) is 0. The molecule has 0 radical (unpaired) electrons. The van der Waals surface area contributed by atoms with Crippen molar-refractivity contribution < 1.29 is 10.2 Å². The molecule has 1 rings (SSSR count). The van der Waals surface area contributed by atoms with Crippen molar-refractivity contribution in [3.63, 3.8) is 0 Å². The molecule has 0 fully saturated rings. The van der Waals surface area contributed by atoms with Crippen LogP contribution in [0.2, 0.25) is 0 Å². The second-order valence-corrected chi connectivity index (χ2v) is 4.18. The van der Waals surface area contributed by atoms with Gasteiger partial charge in [0, 0.05) is 4.47 Å². The molecule has 1 aromatic carbocycles. The van der Waals surface area contributed by atoms with Crippen LogP contribution in [0.4, 0.5) is 0 Å². The van der Waals surface area contributed by atoms with Gasteiger partial charge in [-0.2, -0.15) is 0 Å². The van der Waals surface area contributed by atoms with Crippen molar-refractivity contribution in [3.8, 4) is 0 Å². The second-order valence-electron chi connectivity index (χ2n) is 3.27. The molecule has 0 unspecified atom stereocenters. The van der Waals surface area contributed by atoms with Gasteiger partial charge in [0.15, 0.2) is 0 Å². The maximum atomic E-state index is 9.35. The first-order chi connectivity index (χ1) is 6.56. The summed E-state index contributed by atoms with van der Waals surface area (Å²) in [5, 5.41) is 18.5. The fraction of sp³-hybridized carbons (Fsp3) is 0.400. The van der Waals surface area contributed by atoms with Crippen LogP contribution in [0.1, 0.15) is 24.1 Å². The summed E-state index contributed by atoms with van der Waals surface area (Å²) in [4.78, 5) is 0. The second kappa shape index (κ2) is 4.89. The van der Waals surface area contributed by atoms with Crippen molar-refractivity contribution in [1.29, 1.82) is 0 Å². The van der Waals surface area contributed by atoms with Gasteiger partial charge < -0.3 is 15.9 Å². The summed E-state index contributed by atoms with van der Waals surface area (Å²) in [5.74, 6) is 0. The van der Waals surface area contributed by atoms with Gasteiger partial charge in [-0.15, -0.1) is 0 Å². The molecule has 0 aliphatic heterocycles. The summed E-state index contributed by atoms with van der Waals surface area (Å²) in [6, 6.07) is 5.01. The van der Waals surface area contributed by atoms with Crippen molar-refractivity contribution in [1.82, 2.24) is 0 Å².